The fourth-order valence-corrected chi connectivity index (χ4v) is 4.03. The molecule has 0 aliphatic carbocycles. The minimum atomic E-state index is -0.580. The molecule has 3 aromatic rings. The molecule has 8 heteroatoms. The Balaban J connectivity index is 1.26. The summed E-state index contributed by atoms with van der Waals surface area (Å²) in [5, 5.41) is 3.39. The number of carbonyl (C=O) groups excluding carboxylic acids is 1. The van der Waals surface area contributed by atoms with Crippen molar-refractivity contribution < 1.29 is 13.6 Å². The summed E-state index contributed by atoms with van der Waals surface area (Å²) in [6.07, 6.45) is 1.86. The van der Waals surface area contributed by atoms with Gasteiger partial charge in [-0.3, -0.25) is 14.3 Å². The number of benzene rings is 2. The molecule has 6 nitrogen and oxygen atoms in total. The van der Waals surface area contributed by atoms with Crippen molar-refractivity contribution in [1.82, 2.24) is 14.8 Å². The Morgan fingerprint density at radius 2 is 1.97 bits per heavy atom. The molecule has 0 bridgehead atoms. The van der Waals surface area contributed by atoms with Gasteiger partial charge in [-0.1, -0.05) is 29.8 Å². The van der Waals surface area contributed by atoms with Crippen LogP contribution in [0.4, 0.5) is 4.39 Å². The van der Waals surface area contributed by atoms with Crippen LogP contribution < -0.4 is 11.1 Å². The molecule has 1 saturated heterocycles. The zero-order valence-corrected chi connectivity index (χ0v) is 17.2. The van der Waals surface area contributed by atoms with Gasteiger partial charge in [0.15, 0.2) is 5.58 Å². The molecule has 30 heavy (non-hydrogen) atoms. The Morgan fingerprint density at radius 1 is 1.20 bits per heavy atom. The van der Waals surface area contributed by atoms with Crippen LogP contribution in [-0.2, 0) is 17.9 Å². The van der Waals surface area contributed by atoms with Crippen molar-refractivity contribution in [2.24, 2.45) is 5.92 Å². The summed E-state index contributed by atoms with van der Waals surface area (Å²) < 4.78 is 20.3. The summed E-state index contributed by atoms with van der Waals surface area (Å²) in [5.74, 6) is -0.619. The summed E-state index contributed by atoms with van der Waals surface area (Å²) in [6.45, 7) is 2.79. The van der Waals surface area contributed by atoms with Gasteiger partial charge in [0, 0.05) is 29.7 Å². The Morgan fingerprint density at radius 3 is 2.73 bits per heavy atom. The summed E-state index contributed by atoms with van der Waals surface area (Å²) in [5.41, 5.74) is 1.62. The van der Waals surface area contributed by atoms with Crippen molar-refractivity contribution in [2.45, 2.75) is 25.9 Å². The van der Waals surface area contributed by atoms with E-state index in [0.717, 1.165) is 25.9 Å². The number of piperidine rings is 1. The monoisotopic (exact) mass is 431 g/mol. The second-order valence-electron chi connectivity index (χ2n) is 7.68. The van der Waals surface area contributed by atoms with Crippen LogP contribution in [-0.4, -0.2) is 35.0 Å². The highest BCUT2D eigenvalue weighted by Crippen LogP contribution is 2.20. The summed E-state index contributed by atoms with van der Waals surface area (Å²) in [6, 6.07) is 11.7. The molecule has 1 N–H and O–H groups in total. The number of nitrogens with zero attached hydrogens (tertiary/aromatic N) is 2. The van der Waals surface area contributed by atoms with Gasteiger partial charge in [-0.05, 0) is 50.0 Å². The number of halogens is 2. The lowest BCUT2D eigenvalue weighted by Gasteiger charge is -2.32. The van der Waals surface area contributed by atoms with Gasteiger partial charge in [-0.15, -0.1) is 0 Å². The van der Waals surface area contributed by atoms with Gasteiger partial charge in [0.1, 0.15) is 12.4 Å². The fourth-order valence-electron chi connectivity index (χ4n) is 3.86. The molecule has 2 aromatic carbocycles. The molecular formula is C22H23ClFN3O3. The molecule has 1 aromatic heterocycles. The van der Waals surface area contributed by atoms with Crippen LogP contribution in [0, 0.1) is 11.7 Å². The highest BCUT2D eigenvalue weighted by molar-refractivity contribution is 6.31. The molecule has 4 rings (SSSR count). The van der Waals surface area contributed by atoms with E-state index >= 15 is 0 Å². The number of rotatable bonds is 6. The molecule has 0 unspecified atom stereocenters. The van der Waals surface area contributed by atoms with Gasteiger partial charge in [-0.2, -0.15) is 0 Å². The smallest absolute Gasteiger partial charge is 0.408 e. The van der Waals surface area contributed by atoms with Crippen LogP contribution in [0.5, 0.6) is 0 Å². The van der Waals surface area contributed by atoms with Crippen molar-refractivity contribution >= 4 is 28.6 Å². The lowest BCUT2D eigenvalue weighted by molar-refractivity contribution is -0.121. The third-order valence-electron chi connectivity index (χ3n) is 5.58. The van der Waals surface area contributed by atoms with Crippen LogP contribution >= 0.6 is 11.6 Å². The Bertz CT molecular complexity index is 1100. The van der Waals surface area contributed by atoms with Crippen molar-refractivity contribution in [2.75, 3.05) is 19.6 Å². The molecule has 0 atom stereocenters. The highest BCUT2D eigenvalue weighted by atomic mass is 35.5. The first-order valence-corrected chi connectivity index (χ1v) is 10.4. The Labute approximate surface area is 178 Å². The molecule has 1 fully saturated rings. The SMILES string of the molecule is O=C(Cn1c(=O)oc2cc(Cl)ccc21)NCC1CCN(Cc2ccccc2F)CC1. The number of hydrogen-bond acceptors (Lipinski definition) is 4. The van der Waals surface area contributed by atoms with Gasteiger partial charge in [0.2, 0.25) is 5.91 Å². The molecule has 158 valence electrons. The molecule has 1 aliphatic rings. The fraction of sp³-hybridized carbons (Fsp3) is 0.364. The molecule has 0 spiro atoms. The van der Waals surface area contributed by atoms with E-state index in [0.29, 0.717) is 40.7 Å². The molecule has 1 amide bonds. The minimum Gasteiger partial charge on any atom is -0.408 e. The number of oxazole rings is 1. The van der Waals surface area contributed by atoms with E-state index in [1.807, 2.05) is 12.1 Å². The second-order valence-corrected chi connectivity index (χ2v) is 8.12. The maximum atomic E-state index is 13.8. The first kappa shape index (κ1) is 20.6. The zero-order chi connectivity index (χ0) is 21.1. The molecule has 1 aliphatic heterocycles. The standard InChI is InChI=1S/C22H23ClFN3O3/c23-17-5-6-19-20(11-17)30-22(29)27(19)14-21(28)25-12-15-7-9-26(10-8-15)13-16-3-1-2-4-18(16)24/h1-6,11,15H,7-10,12-14H2,(H,25,28). The predicted octanol–water partition coefficient (Wildman–Crippen LogP) is 3.42. The summed E-state index contributed by atoms with van der Waals surface area (Å²) in [4.78, 5) is 26.6. The third-order valence-corrected chi connectivity index (χ3v) is 5.81. The first-order valence-electron chi connectivity index (χ1n) is 10.0. The first-order chi connectivity index (χ1) is 14.5. The number of nitrogens with one attached hydrogen (secondary N) is 1. The van der Waals surface area contributed by atoms with Crippen molar-refractivity contribution in [3.8, 4) is 0 Å². The number of aromatic nitrogens is 1. The van der Waals surface area contributed by atoms with Gasteiger partial charge in [0.25, 0.3) is 0 Å². The van der Waals surface area contributed by atoms with E-state index in [1.165, 1.54) is 10.6 Å². The van der Waals surface area contributed by atoms with Crippen LogP contribution in [0.15, 0.2) is 51.7 Å². The van der Waals surface area contributed by atoms with E-state index in [-0.39, 0.29) is 18.3 Å². The van der Waals surface area contributed by atoms with E-state index in [1.54, 1.807) is 24.3 Å². The maximum absolute atomic E-state index is 13.8. The summed E-state index contributed by atoms with van der Waals surface area (Å²) in [7, 11) is 0. The minimum absolute atomic E-state index is 0.0976. The van der Waals surface area contributed by atoms with Gasteiger partial charge in [-0.25, -0.2) is 9.18 Å². The lowest BCUT2D eigenvalue weighted by atomic mass is 9.96. The number of hydrogen-bond donors (Lipinski definition) is 1. The van der Waals surface area contributed by atoms with Crippen LogP contribution in [0.3, 0.4) is 0 Å². The molecule has 0 saturated carbocycles. The van der Waals surface area contributed by atoms with E-state index in [4.69, 9.17) is 16.0 Å². The van der Waals surface area contributed by atoms with E-state index in [2.05, 4.69) is 10.2 Å². The van der Waals surface area contributed by atoms with Crippen LogP contribution in [0.1, 0.15) is 18.4 Å². The van der Waals surface area contributed by atoms with Crippen LogP contribution in [0.2, 0.25) is 5.02 Å². The maximum Gasteiger partial charge on any atom is 0.420 e. The average molecular weight is 432 g/mol. The van der Waals surface area contributed by atoms with Crippen molar-refractivity contribution in [3.05, 3.63) is 69.4 Å². The quantitative estimate of drug-likeness (QED) is 0.649. The average Bonchev–Trinajstić information content (AvgIpc) is 3.03. The van der Waals surface area contributed by atoms with Crippen LogP contribution in [0.25, 0.3) is 11.1 Å². The van der Waals surface area contributed by atoms with Crippen molar-refractivity contribution in [3.63, 3.8) is 0 Å². The topological polar surface area (TPSA) is 67.5 Å². The van der Waals surface area contributed by atoms with E-state index < -0.39 is 5.76 Å². The number of likely N-dealkylation sites (tertiary alicyclic amines) is 1. The highest BCUT2D eigenvalue weighted by Gasteiger charge is 2.21. The lowest BCUT2D eigenvalue weighted by Crippen LogP contribution is -2.39. The zero-order valence-electron chi connectivity index (χ0n) is 16.4. The normalized spacial score (nSPS) is 15.5. The third kappa shape index (κ3) is 4.74. The van der Waals surface area contributed by atoms with Gasteiger partial charge >= 0.3 is 5.76 Å². The van der Waals surface area contributed by atoms with Gasteiger partial charge in [0.05, 0.1) is 5.52 Å². The number of carbonyl (C=O) groups is 1. The second kappa shape index (κ2) is 9.02. The number of fused-ring (bicyclic) bond motifs is 1. The van der Waals surface area contributed by atoms with Crippen molar-refractivity contribution in [1.29, 1.82) is 0 Å². The van der Waals surface area contributed by atoms with Gasteiger partial charge < -0.3 is 9.73 Å². The Hall–Kier alpha value is -2.64. The summed E-state index contributed by atoms with van der Waals surface area (Å²) >= 11 is 5.91. The predicted molar refractivity (Wildman–Crippen MR) is 113 cm³/mol. The largest absolute Gasteiger partial charge is 0.420 e. The molecule has 0 radical (unpaired) electrons. The van der Waals surface area contributed by atoms with E-state index in [9.17, 15) is 14.0 Å². The molecular weight excluding hydrogens is 409 g/mol. The Kier molecular flexibility index (Phi) is 6.20. The molecule has 2 heterocycles. The number of amides is 1.